The third-order valence-corrected chi connectivity index (χ3v) is 4.17. The second-order valence-corrected chi connectivity index (χ2v) is 6.72. The molecule has 0 radical (unpaired) electrons. The van der Waals surface area contributed by atoms with Gasteiger partial charge in [-0.05, 0) is 43.8 Å². The van der Waals surface area contributed by atoms with E-state index in [9.17, 15) is 5.11 Å². The molecule has 1 unspecified atom stereocenters. The van der Waals surface area contributed by atoms with Gasteiger partial charge in [-0.3, -0.25) is 0 Å². The van der Waals surface area contributed by atoms with Crippen molar-refractivity contribution in [1.29, 1.82) is 0 Å². The van der Waals surface area contributed by atoms with E-state index in [0.29, 0.717) is 12.6 Å². The number of rotatable bonds is 7. The number of piperidine rings is 1. The molecular formula is C18H30N2O. The van der Waals surface area contributed by atoms with Gasteiger partial charge < -0.3 is 15.3 Å². The second kappa shape index (κ2) is 8.52. The maximum Gasteiger partial charge on any atom is 0.0704 e. The molecule has 0 aromatic heterocycles. The Balaban J connectivity index is 1.63. The zero-order chi connectivity index (χ0) is 15.1. The number of aliphatic hydroxyl groups is 1. The van der Waals surface area contributed by atoms with Crippen LogP contribution in [0.4, 0.5) is 0 Å². The number of likely N-dealkylation sites (tertiary alicyclic amines) is 1. The van der Waals surface area contributed by atoms with Crippen LogP contribution in [0.25, 0.3) is 0 Å². The molecule has 2 rings (SSSR count). The summed E-state index contributed by atoms with van der Waals surface area (Å²) in [5.41, 5.74) is 1.21. The highest BCUT2D eigenvalue weighted by Gasteiger charge is 2.19. The fourth-order valence-corrected chi connectivity index (χ4v) is 3.10. The van der Waals surface area contributed by atoms with E-state index in [1.54, 1.807) is 0 Å². The SMILES string of the molecule is CC(C)CN1CCC(NCC(O)Cc2ccccc2)CC1. The maximum absolute atomic E-state index is 10.1. The van der Waals surface area contributed by atoms with Crippen molar-refractivity contribution < 1.29 is 5.11 Å². The number of hydrogen-bond acceptors (Lipinski definition) is 3. The molecule has 3 nitrogen and oxygen atoms in total. The Kier molecular flexibility index (Phi) is 6.68. The zero-order valence-corrected chi connectivity index (χ0v) is 13.5. The van der Waals surface area contributed by atoms with Gasteiger partial charge in [-0.25, -0.2) is 0 Å². The Morgan fingerprint density at radius 2 is 1.86 bits per heavy atom. The summed E-state index contributed by atoms with van der Waals surface area (Å²) in [7, 11) is 0. The minimum atomic E-state index is -0.291. The van der Waals surface area contributed by atoms with Gasteiger partial charge in [-0.1, -0.05) is 44.2 Å². The molecule has 1 fully saturated rings. The summed E-state index contributed by atoms with van der Waals surface area (Å²) in [6.07, 6.45) is 2.84. The molecule has 3 heteroatoms. The van der Waals surface area contributed by atoms with Crippen molar-refractivity contribution in [2.75, 3.05) is 26.2 Å². The lowest BCUT2D eigenvalue weighted by Crippen LogP contribution is -2.45. The molecule has 0 amide bonds. The molecule has 0 bridgehead atoms. The minimum absolute atomic E-state index is 0.291. The number of hydrogen-bond donors (Lipinski definition) is 2. The molecule has 1 aromatic rings. The summed E-state index contributed by atoms with van der Waals surface area (Å²) < 4.78 is 0. The van der Waals surface area contributed by atoms with Crippen LogP contribution in [0.15, 0.2) is 30.3 Å². The van der Waals surface area contributed by atoms with E-state index < -0.39 is 0 Å². The van der Waals surface area contributed by atoms with Crippen LogP contribution in [0, 0.1) is 5.92 Å². The third kappa shape index (κ3) is 6.16. The fraction of sp³-hybridized carbons (Fsp3) is 0.667. The van der Waals surface area contributed by atoms with E-state index in [0.717, 1.165) is 12.3 Å². The van der Waals surface area contributed by atoms with E-state index in [1.807, 2.05) is 18.2 Å². The van der Waals surface area contributed by atoms with Crippen LogP contribution < -0.4 is 5.32 Å². The Bertz CT molecular complexity index is 385. The van der Waals surface area contributed by atoms with Gasteiger partial charge in [0.05, 0.1) is 6.10 Å². The molecule has 118 valence electrons. The molecule has 1 aliphatic heterocycles. The van der Waals surface area contributed by atoms with E-state index in [1.165, 1.54) is 38.0 Å². The van der Waals surface area contributed by atoms with Crippen LogP contribution in [0.1, 0.15) is 32.3 Å². The summed E-state index contributed by atoms with van der Waals surface area (Å²) in [6.45, 7) is 8.84. The highest BCUT2D eigenvalue weighted by Crippen LogP contribution is 2.12. The fourth-order valence-electron chi connectivity index (χ4n) is 3.10. The van der Waals surface area contributed by atoms with Crippen molar-refractivity contribution in [2.24, 2.45) is 5.92 Å². The van der Waals surface area contributed by atoms with Gasteiger partial charge in [0.25, 0.3) is 0 Å². The Hall–Kier alpha value is -0.900. The summed E-state index contributed by atoms with van der Waals surface area (Å²) in [4.78, 5) is 2.56. The van der Waals surface area contributed by atoms with Gasteiger partial charge in [0.15, 0.2) is 0 Å². The van der Waals surface area contributed by atoms with Crippen LogP contribution in [0.3, 0.4) is 0 Å². The molecule has 1 atom stereocenters. The molecule has 1 heterocycles. The zero-order valence-electron chi connectivity index (χ0n) is 13.5. The molecule has 21 heavy (non-hydrogen) atoms. The first-order valence-corrected chi connectivity index (χ1v) is 8.31. The summed E-state index contributed by atoms with van der Waals surface area (Å²) in [5.74, 6) is 0.752. The van der Waals surface area contributed by atoms with Crippen LogP contribution in [-0.4, -0.2) is 48.3 Å². The van der Waals surface area contributed by atoms with E-state index in [2.05, 4.69) is 36.2 Å². The van der Waals surface area contributed by atoms with Crippen molar-refractivity contribution in [1.82, 2.24) is 10.2 Å². The summed E-state index contributed by atoms with van der Waals surface area (Å²) >= 11 is 0. The topological polar surface area (TPSA) is 35.5 Å². The monoisotopic (exact) mass is 290 g/mol. The van der Waals surface area contributed by atoms with Gasteiger partial charge >= 0.3 is 0 Å². The Morgan fingerprint density at radius 3 is 2.48 bits per heavy atom. The number of aliphatic hydroxyl groups excluding tert-OH is 1. The van der Waals surface area contributed by atoms with E-state index in [-0.39, 0.29) is 6.10 Å². The summed E-state index contributed by atoms with van der Waals surface area (Å²) in [6, 6.07) is 10.8. The third-order valence-electron chi connectivity index (χ3n) is 4.17. The highest BCUT2D eigenvalue weighted by molar-refractivity contribution is 5.15. The van der Waals surface area contributed by atoms with Crippen LogP contribution in [0.5, 0.6) is 0 Å². The number of nitrogens with zero attached hydrogens (tertiary/aromatic N) is 1. The molecule has 0 saturated carbocycles. The average molecular weight is 290 g/mol. The number of benzene rings is 1. The highest BCUT2D eigenvalue weighted by atomic mass is 16.3. The van der Waals surface area contributed by atoms with Crippen molar-refractivity contribution in [3.63, 3.8) is 0 Å². The lowest BCUT2D eigenvalue weighted by molar-refractivity contribution is 0.145. The minimum Gasteiger partial charge on any atom is -0.391 e. The standard InChI is InChI=1S/C18H30N2O/c1-15(2)14-20-10-8-17(9-11-20)19-13-18(21)12-16-6-4-3-5-7-16/h3-7,15,17-19,21H,8-14H2,1-2H3. The molecule has 2 N–H and O–H groups in total. The lowest BCUT2D eigenvalue weighted by Gasteiger charge is -2.33. The van der Waals surface area contributed by atoms with Crippen LogP contribution in [-0.2, 0) is 6.42 Å². The van der Waals surface area contributed by atoms with Crippen molar-refractivity contribution >= 4 is 0 Å². The predicted octanol–water partition coefficient (Wildman–Crippen LogP) is 2.30. The lowest BCUT2D eigenvalue weighted by atomic mass is 10.0. The van der Waals surface area contributed by atoms with Gasteiger partial charge in [-0.15, -0.1) is 0 Å². The Labute approximate surface area is 129 Å². The van der Waals surface area contributed by atoms with E-state index in [4.69, 9.17) is 0 Å². The quantitative estimate of drug-likeness (QED) is 0.809. The van der Waals surface area contributed by atoms with Gasteiger partial charge in [0.1, 0.15) is 0 Å². The Morgan fingerprint density at radius 1 is 1.19 bits per heavy atom. The predicted molar refractivity (Wildman–Crippen MR) is 88.5 cm³/mol. The molecule has 1 aliphatic rings. The second-order valence-electron chi connectivity index (χ2n) is 6.72. The molecule has 0 aliphatic carbocycles. The first kappa shape index (κ1) is 16.5. The number of nitrogens with one attached hydrogen (secondary N) is 1. The van der Waals surface area contributed by atoms with Crippen molar-refractivity contribution in [2.45, 2.75) is 45.3 Å². The van der Waals surface area contributed by atoms with Gasteiger partial charge in [0.2, 0.25) is 0 Å². The molecular weight excluding hydrogens is 260 g/mol. The van der Waals surface area contributed by atoms with Gasteiger partial charge in [0, 0.05) is 19.1 Å². The molecule has 1 aromatic carbocycles. The summed E-state index contributed by atoms with van der Waals surface area (Å²) in [5, 5.41) is 13.7. The molecule has 1 saturated heterocycles. The largest absolute Gasteiger partial charge is 0.391 e. The van der Waals surface area contributed by atoms with Crippen LogP contribution >= 0.6 is 0 Å². The molecule has 0 spiro atoms. The first-order valence-electron chi connectivity index (χ1n) is 8.31. The van der Waals surface area contributed by atoms with E-state index >= 15 is 0 Å². The normalized spacial score (nSPS) is 19.0. The van der Waals surface area contributed by atoms with Crippen LogP contribution in [0.2, 0.25) is 0 Å². The first-order chi connectivity index (χ1) is 10.1. The van der Waals surface area contributed by atoms with Gasteiger partial charge in [-0.2, -0.15) is 0 Å². The van der Waals surface area contributed by atoms with Crippen molar-refractivity contribution in [3.05, 3.63) is 35.9 Å². The smallest absolute Gasteiger partial charge is 0.0704 e. The average Bonchev–Trinajstić information content (AvgIpc) is 2.47. The van der Waals surface area contributed by atoms with Crippen molar-refractivity contribution in [3.8, 4) is 0 Å². The maximum atomic E-state index is 10.1.